The summed E-state index contributed by atoms with van der Waals surface area (Å²) in [5.41, 5.74) is 1.45. The van der Waals surface area contributed by atoms with Crippen molar-refractivity contribution >= 4 is 11.0 Å². The van der Waals surface area contributed by atoms with Gasteiger partial charge in [0.25, 0.3) is 0 Å². The molecule has 112 valence electrons. The van der Waals surface area contributed by atoms with Crippen molar-refractivity contribution in [1.29, 1.82) is 0 Å². The zero-order valence-corrected chi connectivity index (χ0v) is 12.2. The highest BCUT2D eigenvalue weighted by Crippen LogP contribution is 2.30. The summed E-state index contributed by atoms with van der Waals surface area (Å²) in [5, 5.41) is 10.1. The fraction of sp³-hybridized carbons (Fsp3) is 0.167. The Kier molecular flexibility index (Phi) is 3.83. The van der Waals surface area contributed by atoms with Gasteiger partial charge in [-0.05, 0) is 18.1 Å². The molecule has 0 bridgehead atoms. The number of methoxy groups -OCH3 is 1. The number of aryl methyl sites for hydroxylation is 2. The maximum Gasteiger partial charge on any atom is 0.193 e. The molecule has 0 aliphatic rings. The standard InChI is InChI=1S/C18H16O4/c1-21-18-11-17-14(10-16(18)20)15(19)9-13(22-17)8-7-12-5-3-2-4-6-12/h2-6,9-11,20H,7-8H2,1H3. The topological polar surface area (TPSA) is 59.7 Å². The summed E-state index contributed by atoms with van der Waals surface area (Å²) in [6.07, 6.45) is 1.43. The van der Waals surface area contributed by atoms with Gasteiger partial charge >= 0.3 is 0 Å². The summed E-state index contributed by atoms with van der Waals surface area (Å²) in [5.74, 6) is 0.837. The average molecular weight is 296 g/mol. The number of rotatable bonds is 4. The third-order valence-electron chi connectivity index (χ3n) is 3.58. The number of phenols is 1. The van der Waals surface area contributed by atoms with Gasteiger partial charge < -0.3 is 14.3 Å². The molecule has 3 aromatic rings. The van der Waals surface area contributed by atoms with Gasteiger partial charge in [0.1, 0.15) is 11.3 Å². The van der Waals surface area contributed by atoms with Crippen LogP contribution in [-0.4, -0.2) is 12.2 Å². The molecule has 0 aliphatic carbocycles. The van der Waals surface area contributed by atoms with Crippen molar-refractivity contribution < 1.29 is 14.3 Å². The van der Waals surface area contributed by atoms with Crippen LogP contribution in [0.3, 0.4) is 0 Å². The molecule has 3 rings (SSSR count). The fourth-order valence-electron chi connectivity index (χ4n) is 2.42. The second kappa shape index (κ2) is 5.93. The van der Waals surface area contributed by atoms with Crippen LogP contribution in [0.4, 0.5) is 0 Å². The highest BCUT2D eigenvalue weighted by atomic mass is 16.5. The van der Waals surface area contributed by atoms with E-state index in [-0.39, 0.29) is 16.9 Å². The minimum atomic E-state index is -0.165. The van der Waals surface area contributed by atoms with Crippen molar-refractivity contribution in [3.05, 3.63) is 70.1 Å². The zero-order chi connectivity index (χ0) is 15.5. The molecule has 4 nitrogen and oxygen atoms in total. The van der Waals surface area contributed by atoms with Crippen LogP contribution in [0.1, 0.15) is 11.3 Å². The summed E-state index contributed by atoms with van der Waals surface area (Å²) in [6, 6.07) is 14.4. The summed E-state index contributed by atoms with van der Waals surface area (Å²) < 4.78 is 10.8. The van der Waals surface area contributed by atoms with Gasteiger partial charge in [-0.25, -0.2) is 0 Å². The smallest absolute Gasteiger partial charge is 0.193 e. The summed E-state index contributed by atoms with van der Waals surface area (Å²) >= 11 is 0. The van der Waals surface area contributed by atoms with Crippen LogP contribution in [0, 0.1) is 0 Å². The summed E-state index contributed by atoms with van der Waals surface area (Å²) in [7, 11) is 1.46. The largest absolute Gasteiger partial charge is 0.504 e. The molecule has 1 aromatic heterocycles. The van der Waals surface area contributed by atoms with Gasteiger partial charge in [0.15, 0.2) is 16.9 Å². The number of phenolic OH excluding ortho intramolecular Hbond substituents is 1. The first-order valence-corrected chi connectivity index (χ1v) is 7.05. The molecule has 0 aliphatic heterocycles. The highest BCUT2D eigenvalue weighted by molar-refractivity contribution is 5.80. The average Bonchev–Trinajstić information content (AvgIpc) is 2.54. The molecule has 1 heterocycles. The Morgan fingerprint density at radius 1 is 1.09 bits per heavy atom. The maximum atomic E-state index is 12.2. The molecule has 0 unspecified atom stereocenters. The zero-order valence-electron chi connectivity index (χ0n) is 12.2. The normalized spacial score (nSPS) is 10.8. The number of benzene rings is 2. The van der Waals surface area contributed by atoms with Crippen molar-refractivity contribution in [2.75, 3.05) is 7.11 Å². The lowest BCUT2D eigenvalue weighted by molar-refractivity contribution is 0.373. The molecule has 0 amide bonds. The van der Waals surface area contributed by atoms with E-state index in [0.29, 0.717) is 23.2 Å². The van der Waals surface area contributed by atoms with E-state index in [0.717, 1.165) is 6.42 Å². The number of hydrogen-bond donors (Lipinski definition) is 1. The Balaban J connectivity index is 1.94. The lowest BCUT2D eigenvalue weighted by atomic mass is 10.1. The fourth-order valence-corrected chi connectivity index (χ4v) is 2.42. The van der Waals surface area contributed by atoms with E-state index in [4.69, 9.17) is 9.15 Å². The molecule has 22 heavy (non-hydrogen) atoms. The van der Waals surface area contributed by atoms with E-state index in [1.165, 1.54) is 30.9 Å². The van der Waals surface area contributed by atoms with Crippen LogP contribution >= 0.6 is 0 Å². The monoisotopic (exact) mass is 296 g/mol. The Morgan fingerprint density at radius 2 is 1.86 bits per heavy atom. The SMILES string of the molecule is COc1cc2oc(CCc3ccccc3)cc(=O)c2cc1O. The van der Waals surface area contributed by atoms with Gasteiger partial charge in [-0.15, -0.1) is 0 Å². The summed E-state index contributed by atoms with van der Waals surface area (Å²) in [4.78, 5) is 12.2. The molecular weight excluding hydrogens is 280 g/mol. The van der Waals surface area contributed by atoms with E-state index < -0.39 is 0 Å². The Hall–Kier alpha value is -2.75. The number of aromatic hydroxyl groups is 1. The molecule has 4 heteroatoms. The van der Waals surface area contributed by atoms with Gasteiger partial charge in [0.2, 0.25) is 0 Å². The lowest BCUT2D eigenvalue weighted by Crippen LogP contribution is -2.03. The molecule has 0 spiro atoms. The predicted octanol–water partition coefficient (Wildman–Crippen LogP) is 3.29. The van der Waals surface area contributed by atoms with E-state index >= 15 is 0 Å². The second-order valence-corrected chi connectivity index (χ2v) is 5.08. The number of fused-ring (bicyclic) bond motifs is 1. The number of hydrogen-bond acceptors (Lipinski definition) is 4. The van der Waals surface area contributed by atoms with Crippen LogP contribution in [0.25, 0.3) is 11.0 Å². The van der Waals surface area contributed by atoms with Crippen molar-refractivity contribution in [2.45, 2.75) is 12.8 Å². The summed E-state index contributed by atoms with van der Waals surface area (Å²) in [6.45, 7) is 0. The van der Waals surface area contributed by atoms with Crippen molar-refractivity contribution in [3.63, 3.8) is 0 Å². The van der Waals surface area contributed by atoms with E-state index in [2.05, 4.69) is 0 Å². The first-order valence-electron chi connectivity index (χ1n) is 7.05. The highest BCUT2D eigenvalue weighted by Gasteiger charge is 2.10. The predicted molar refractivity (Wildman–Crippen MR) is 84.6 cm³/mol. The first-order chi connectivity index (χ1) is 10.7. The Labute approximate surface area is 127 Å². The third-order valence-corrected chi connectivity index (χ3v) is 3.58. The molecule has 0 saturated carbocycles. The minimum absolute atomic E-state index is 0.0701. The van der Waals surface area contributed by atoms with Crippen LogP contribution in [-0.2, 0) is 12.8 Å². The van der Waals surface area contributed by atoms with Crippen molar-refractivity contribution in [2.24, 2.45) is 0 Å². The van der Waals surface area contributed by atoms with Crippen LogP contribution < -0.4 is 10.2 Å². The van der Waals surface area contributed by atoms with E-state index in [1.807, 2.05) is 30.3 Å². The molecule has 1 N–H and O–H groups in total. The van der Waals surface area contributed by atoms with Gasteiger partial charge in [-0.1, -0.05) is 30.3 Å². The second-order valence-electron chi connectivity index (χ2n) is 5.08. The van der Waals surface area contributed by atoms with Gasteiger partial charge in [0.05, 0.1) is 12.5 Å². The lowest BCUT2D eigenvalue weighted by Gasteiger charge is -2.07. The Bertz CT molecular complexity index is 850. The van der Waals surface area contributed by atoms with Crippen LogP contribution in [0.2, 0.25) is 0 Å². The quantitative estimate of drug-likeness (QED) is 0.802. The molecule has 0 fully saturated rings. The maximum absolute atomic E-state index is 12.2. The first kappa shape index (κ1) is 14.2. The van der Waals surface area contributed by atoms with Crippen LogP contribution in [0.5, 0.6) is 11.5 Å². The molecular formula is C18H16O4. The van der Waals surface area contributed by atoms with E-state index in [9.17, 15) is 9.90 Å². The van der Waals surface area contributed by atoms with Gasteiger partial charge in [-0.3, -0.25) is 4.79 Å². The van der Waals surface area contributed by atoms with E-state index in [1.54, 1.807) is 0 Å². The Morgan fingerprint density at radius 3 is 2.59 bits per heavy atom. The number of ether oxygens (including phenoxy) is 1. The van der Waals surface area contributed by atoms with Crippen molar-refractivity contribution in [1.82, 2.24) is 0 Å². The van der Waals surface area contributed by atoms with Gasteiger partial charge in [0, 0.05) is 18.6 Å². The molecule has 2 aromatic carbocycles. The van der Waals surface area contributed by atoms with Crippen LogP contribution in [0.15, 0.2) is 57.7 Å². The van der Waals surface area contributed by atoms with Crippen molar-refractivity contribution in [3.8, 4) is 11.5 Å². The molecule has 0 radical (unpaired) electrons. The van der Waals surface area contributed by atoms with Gasteiger partial charge in [-0.2, -0.15) is 0 Å². The minimum Gasteiger partial charge on any atom is -0.504 e. The molecule has 0 saturated heterocycles. The molecule has 0 atom stereocenters. The third kappa shape index (κ3) is 2.81.